The lowest BCUT2D eigenvalue weighted by molar-refractivity contribution is 0.360. The van der Waals surface area contributed by atoms with Gasteiger partial charge in [0.2, 0.25) is 0 Å². The minimum absolute atomic E-state index is 0.520. The van der Waals surface area contributed by atoms with E-state index in [1.165, 1.54) is 22.3 Å². The molecule has 0 saturated heterocycles. The summed E-state index contributed by atoms with van der Waals surface area (Å²) in [5.74, 6) is 4.45. The molecule has 0 unspecified atom stereocenters. The SMILES string of the molecule is c1ccc(-c2nc(-c3ccc(-c4ccc5c(c4)Oc4ccc6c(c4O5)-c4ccccc4C6(c4ccccc4)c4ccccc4)cc3)nc(-c3ccccn3)n2)cc1. The van der Waals surface area contributed by atoms with Crippen molar-refractivity contribution in [2.75, 3.05) is 0 Å². The number of benzene rings is 7. The number of pyridine rings is 1. The van der Waals surface area contributed by atoms with Crippen LogP contribution >= 0.6 is 0 Å². The van der Waals surface area contributed by atoms with Gasteiger partial charge in [-0.15, -0.1) is 0 Å². The van der Waals surface area contributed by atoms with Gasteiger partial charge in [-0.1, -0.05) is 158 Å². The lowest BCUT2D eigenvalue weighted by Gasteiger charge is -2.34. The number of hydrogen-bond acceptors (Lipinski definition) is 6. The van der Waals surface area contributed by atoms with Crippen molar-refractivity contribution < 1.29 is 9.47 Å². The topological polar surface area (TPSA) is 70.0 Å². The van der Waals surface area contributed by atoms with Gasteiger partial charge in [-0.2, -0.15) is 0 Å². The molecule has 1 aliphatic heterocycles. The van der Waals surface area contributed by atoms with E-state index >= 15 is 0 Å². The summed E-state index contributed by atoms with van der Waals surface area (Å²) in [5.41, 5.74) is 11.0. The molecule has 57 heavy (non-hydrogen) atoms. The number of rotatable bonds is 6. The van der Waals surface area contributed by atoms with Crippen molar-refractivity contribution in [3.05, 3.63) is 217 Å². The smallest absolute Gasteiger partial charge is 0.182 e. The molecule has 0 saturated carbocycles. The van der Waals surface area contributed by atoms with Gasteiger partial charge in [-0.05, 0) is 69.3 Å². The fourth-order valence-corrected chi connectivity index (χ4v) is 8.39. The molecular formula is C51H32N4O2. The van der Waals surface area contributed by atoms with E-state index in [2.05, 4.69) is 120 Å². The average Bonchev–Trinajstić information content (AvgIpc) is 3.61. The van der Waals surface area contributed by atoms with Crippen molar-refractivity contribution >= 4 is 0 Å². The van der Waals surface area contributed by atoms with Gasteiger partial charge in [-0.3, -0.25) is 4.98 Å². The minimum atomic E-state index is -0.520. The van der Waals surface area contributed by atoms with E-state index in [9.17, 15) is 0 Å². The van der Waals surface area contributed by atoms with Crippen molar-refractivity contribution in [2.45, 2.75) is 5.41 Å². The molecule has 0 N–H and O–H groups in total. The van der Waals surface area contributed by atoms with Crippen LogP contribution in [-0.4, -0.2) is 19.9 Å². The first-order valence-corrected chi connectivity index (χ1v) is 19.0. The second-order valence-corrected chi connectivity index (χ2v) is 14.2. The monoisotopic (exact) mass is 732 g/mol. The summed E-state index contributed by atoms with van der Waals surface area (Å²) in [4.78, 5) is 19.0. The first-order valence-electron chi connectivity index (χ1n) is 19.0. The van der Waals surface area contributed by atoms with Crippen LogP contribution in [-0.2, 0) is 5.41 Å². The third-order valence-electron chi connectivity index (χ3n) is 11.0. The van der Waals surface area contributed by atoms with Gasteiger partial charge in [-0.25, -0.2) is 15.0 Å². The predicted molar refractivity (Wildman–Crippen MR) is 223 cm³/mol. The second kappa shape index (κ2) is 13.3. The molecule has 0 bridgehead atoms. The molecule has 11 rings (SSSR count). The first kappa shape index (κ1) is 32.7. The highest BCUT2D eigenvalue weighted by atomic mass is 16.6. The molecule has 0 amide bonds. The van der Waals surface area contributed by atoms with Crippen LogP contribution in [0.4, 0.5) is 0 Å². The van der Waals surface area contributed by atoms with Crippen molar-refractivity contribution in [3.8, 4) is 79.5 Å². The fourth-order valence-electron chi connectivity index (χ4n) is 8.39. The highest BCUT2D eigenvalue weighted by molar-refractivity contribution is 5.92. The number of fused-ring (bicyclic) bond motifs is 6. The van der Waals surface area contributed by atoms with Crippen LogP contribution in [0.1, 0.15) is 22.3 Å². The van der Waals surface area contributed by atoms with Crippen molar-refractivity contribution in [2.24, 2.45) is 0 Å². The number of ether oxygens (including phenoxy) is 2. The van der Waals surface area contributed by atoms with E-state index in [1.54, 1.807) is 6.20 Å². The summed E-state index contributed by atoms with van der Waals surface area (Å²) >= 11 is 0. The van der Waals surface area contributed by atoms with Crippen LogP contribution in [0.25, 0.3) is 56.5 Å². The van der Waals surface area contributed by atoms with Gasteiger partial charge in [0.1, 0.15) is 5.69 Å². The second-order valence-electron chi connectivity index (χ2n) is 14.2. The van der Waals surface area contributed by atoms with Gasteiger partial charge < -0.3 is 9.47 Å². The van der Waals surface area contributed by atoms with Crippen LogP contribution in [0.5, 0.6) is 23.0 Å². The number of nitrogens with zero attached hydrogens (tertiary/aromatic N) is 4. The minimum Gasteiger partial charge on any atom is -0.449 e. The van der Waals surface area contributed by atoms with Gasteiger partial charge in [0.05, 0.1) is 5.41 Å². The third-order valence-corrected chi connectivity index (χ3v) is 11.0. The van der Waals surface area contributed by atoms with Gasteiger partial charge in [0, 0.05) is 22.9 Å². The van der Waals surface area contributed by atoms with E-state index in [4.69, 9.17) is 24.4 Å². The Hall–Kier alpha value is -7.70. The summed E-state index contributed by atoms with van der Waals surface area (Å²) in [7, 11) is 0. The van der Waals surface area contributed by atoms with Crippen LogP contribution in [0.15, 0.2) is 194 Å². The van der Waals surface area contributed by atoms with Crippen LogP contribution in [0.3, 0.4) is 0 Å². The van der Waals surface area contributed by atoms with Crippen molar-refractivity contribution in [3.63, 3.8) is 0 Å². The summed E-state index contributed by atoms with van der Waals surface area (Å²) < 4.78 is 13.6. The molecule has 9 aromatic rings. The van der Waals surface area contributed by atoms with E-state index in [0.29, 0.717) is 40.4 Å². The number of aromatic nitrogens is 4. The highest BCUT2D eigenvalue weighted by Gasteiger charge is 2.48. The Bertz CT molecular complexity index is 2840. The highest BCUT2D eigenvalue weighted by Crippen LogP contribution is 2.62. The Balaban J connectivity index is 0.951. The Labute approximate surface area is 329 Å². The zero-order chi connectivity index (χ0) is 37.8. The Kier molecular flexibility index (Phi) is 7.60. The molecule has 0 fully saturated rings. The average molecular weight is 733 g/mol. The fraction of sp³-hybridized carbons (Fsp3) is 0.0196. The quantitative estimate of drug-likeness (QED) is 0.169. The number of hydrogen-bond donors (Lipinski definition) is 0. The maximum absolute atomic E-state index is 6.85. The normalized spacial score (nSPS) is 13.0. The largest absolute Gasteiger partial charge is 0.449 e. The standard InChI is InChI=1S/C51H32N4O2/c1-4-14-34(15-5-1)48-53-49(55-50(54-48)42-22-12-13-31-52-42)35-25-23-33(24-26-35)36-27-29-43-45(32-36)56-44-30-28-41-46(47(44)57-43)39-20-10-11-21-40(39)51(41,37-16-6-2-7-17-37)38-18-8-3-9-19-38/h1-32H. The lowest BCUT2D eigenvalue weighted by atomic mass is 9.68. The predicted octanol–water partition coefficient (Wildman–Crippen LogP) is 12.2. The van der Waals surface area contributed by atoms with Crippen LogP contribution in [0.2, 0.25) is 0 Å². The Morgan fingerprint density at radius 2 is 0.965 bits per heavy atom. The lowest BCUT2D eigenvalue weighted by Crippen LogP contribution is -2.28. The van der Waals surface area contributed by atoms with Gasteiger partial charge >= 0.3 is 0 Å². The molecular weight excluding hydrogens is 701 g/mol. The zero-order valence-electron chi connectivity index (χ0n) is 30.6. The molecule has 1 aliphatic carbocycles. The summed E-state index contributed by atoms with van der Waals surface area (Å²) in [6, 6.07) is 64.5. The third kappa shape index (κ3) is 5.34. The first-order chi connectivity index (χ1) is 28.2. The zero-order valence-corrected chi connectivity index (χ0v) is 30.6. The van der Waals surface area contributed by atoms with E-state index in [-0.39, 0.29) is 0 Å². The Morgan fingerprint density at radius 1 is 0.386 bits per heavy atom. The summed E-state index contributed by atoms with van der Waals surface area (Å²) in [6.07, 6.45) is 1.75. The molecule has 0 spiro atoms. The molecule has 2 aliphatic rings. The molecule has 6 nitrogen and oxygen atoms in total. The summed E-state index contributed by atoms with van der Waals surface area (Å²) in [6.45, 7) is 0. The maximum atomic E-state index is 6.85. The van der Waals surface area contributed by atoms with Gasteiger partial charge in [0.15, 0.2) is 40.5 Å². The van der Waals surface area contributed by atoms with Crippen molar-refractivity contribution in [1.29, 1.82) is 0 Å². The van der Waals surface area contributed by atoms with Crippen LogP contribution in [0, 0.1) is 0 Å². The molecule has 268 valence electrons. The van der Waals surface area contributed by atoms with E-state index in [0.717, 1.165) is 39.1 Å². The molecule has 7 aromatic carbocycles. The van der Waals surface area contributed by atoms with Crippen LogP contribution < -0.4 is 9.47 Å². The maximum Gasteiger partial charge on any atom is 0.182 e. The molecule has 0 radical (unpaired) electrons. The van der Waals surface area contributed by atoms with E-state index < -0.39 is 5.41 Å². The molecule has 2 aromatic heterocycles. The van der Waals surface area contributed by atoms with E-state index in [1.807, 2.05) is 72.8 Å². The molecule has 0 atom stereocenters. The molecule has 3 heterocycles. The Morgan fingerprint density at radius 3 is 1.67 bits per heavy atom. The molecule has 6 heteroatoms. The summed E-state index contributed by atoms with van der Waals surface area (Å²) in [5, 5.41) is 0. The van der Waals surface area contributed by atoms with Gasteiger partial charge in [0.25, 0.3) is 0 Å². The van der Waals surface area contributed by atoms with Crippen molar-refractivity contribution in [1.82, 2.24) is 19.9 Å².